The number of nitrogens with one attached hydrogen (secondary N) is 1. The van der Waals surface area contributed by atoms with Gasteiger partial charge in [0, 0.05) is 5.69 Å². The lowest BCUT2D eigenvalue weighted by molar-refractivity contribution is 0.0698. The molecule has 2 aromatic rings. The molecule has 4 nitrogen and oxygen atoms in total. The Morgan fingerprint density at radius 3 is 2.58 bits per heavy atom. The third-order valence-corrected chi connectivity index (χ3v) is 2.97. The van der Waals surface area contributed by atoms with Crippen LogP contribution in [0.15, 0.2) is 36.4 Å². The number of para-hydroxylation sites is 1. The lowest BCUT2D eigenvalue weighted by Gasteiger charge is -2.14. The van der Waals surface area contributed by atoms with Gasteiger partial charge in [-0.25, -0.2) is 4.79 Å². The molecule has 0 unspecified atom stereocenters. The van der Waals surface area contributed by atoms with Crippen molar-refractivity contribution in [3.05, 3.63) is 53.1 Å². The monoisotopic (exact) mass is 256 g/mol. The Hall–Kier alpha value is -2.49. The Morgan fingerprint density at radius 1 is 1.21 bits per heavy atom. The van der Waals surface area contributed by atoms with E-state index in [9.17, 15) is 9.90 Å². The lowest BCUT2D eigenvalue weighted by Crippen LogP contribution is -2.06. The van der Waals surface area contributed by atoms with Crippen molar-refractivity contribution < 1.29 is 9.90 Å². The molecule has 0 fully saturated rings. The standard InChI is InChI=1S/C15H16N2O2/c1-9-6-7-13(10(2)8-9)17-14-11(15(18)19)4-3-5-12(14)16/h3-8,17H,16H2,1-2H3,(H,18,19). The Labute approximate surface area is 111 Å². The smallest absolute Gasteiger partial charge is 0.337 e. The molecule has 0 aliphatic carbocycles. The second-order valence-electron chi connectivity index (χ2n) is 4.52. The zero-order valence-electron chi connectivity index (χ0n) is 10.9. The number of nitrogens with two attached hydrogens (primary N) is 1. The second kappa shape index (κ2) is 5.02. The molecule has 4 heteroatoms. The maximum absolute atomic E-state index is 11.2. The number of carbonyl (C=O) groups is 1. The van der Waals surface area contributed by atoms with Gasteiger partial charge in [-0.05, 0) is 37.6 Å². The first-order valence-corrected chi connectivity index (χ1v) is 5.95. The topological polar surface area (TPSA) is 75.3 Å². The molecular formula is C15H16N2O2. The molecule has 0 heterocycles. The Morgan fingerprint density at radius 2 is 1.95 bits per heavy atom. The van der Waals surface area contributed by atoms with Crippen LogP contribution in [0.2, 0.25) is 0 Å². The van der Waals surface area contributed by atoms with Gasteiger partial charge in [0.25, 0.3) is 0 Å². The highest BCUT2D eigenvalue weighted by molar-refractivity contribution is 5.98. The molecule has 98 valence electrons. The van der Waals surface area contributed by atoms with Crippen LogP contribution in [0.25, 0.3) is 0 Å². The number of benzene rings is 2. The van der Waals surface area contributed by atoms with E-state index in [0.717, 1.165) is 16.8 Å². The van der Waals surface area contributed by atoms with Crippen LogP contribution in [0.4, 0.5) is 17.1 Å². The summed E-state index contributed by atoms with van der Waals surface area (Å²) >= 11 is 0. The van der Waals surface area contributed by atoms with Crippen LogP contribution in [0.1, 0.15) is 21.5 Å². The third kappa shape index (κ3) is 2.68. The summed E-state index contributed by atoms with van der Waals surface area (Å²) in [7, 11) is 0. The fourth-order valence-corrected chi connectivity index (χ4v) is 1.98. The zero-order chi connectivity index (χ0) is 14.0. The molecule has 0 saturated carbocycles. The van der Waals surface area contributed by atoms with Crippen LogP contribution in [0.3, 0.4) is 0 Å². The summed E-state index contributed by atoms with van der Waals surface area (Å²) in [6, 6.07) is 10.8. The van der Waals surface area contributed by atoms with E-state index >= 15 is 0 Å². The Kier molecular flexibility index (Phi) is 3.42. The maximum atomic E-state index is 11.2. The van der Waals surface area contributed by atoms with E-state index in [-0.39, 0.29) is 5.56 Å². The summed E-state index contributed by atoms with van der Waals surface area (Å²) in [5.41, 5.74) is 9.93. The molecule has 0 aromatic heterocycles. The number of aromatic carboxylic acids is 1. The predicted molar refractivity (Wildman–Crippen MR) is 77.0 cm³/mol. The first-order chi connectivity index (χ1) is 8.99. The number of hydrogen-bond acceptors (Lipinski definition) is 3. The predicted octanol–water partition coefficient (Wildman–Crippen LogP) is 3.33. The molecule has 0 aliphatic heterocycles. The molecule has 0 atom stereocenters. The fraction of sp³-hybridized carbons (Fsp3) is 0.133. The van der Waals surface area contributed by atoms with Gasteiger partial charge in [-0.15, -0.1) is 0 Å². The lowest BCUT2D eigenvalue weighted by atomic mass is 10.1. The van der Waals surface area contributed by atoms with Gasteiger partial charge in [0.05, 0.1) is 16.9 Å². The molecule has 4 N–H and O–H groups in total. The highest BCUT2D eigenvalue weighted by Crippen LogP contribution is 2.29. The van der Waals surface area contributed by atoms with Gasteiger partial charge in [-0.2, -0.15) is 0 Å². The number of anilines is 3. The molecule has 0 saturated heterocycles. The van der Waals surface area contributed by atoms with E-state index in [1.807, 2.05) is 32.0 Å². The van der Waals surface area contributed by atoms with Gasteiger partial charge in [-0.1, -0.05) is 23.8 Å². The normalized spacial score (nSPS) is 10.2. The van der Waals surface area contributed by atoms with E-state index in [2.05, 4.69) is 5.32 Å². The first kappa shape index (κ1) is 13.0. The average molecular weight is 256 g/mol. The van der Waals surface area contributed by atoms with Crippen molar-refractivity contribution in [1.29, 1.82) is 0 Å². The van der Waals surface area contributed by atoms with Gasteiger partial charge in [0.2, 0.25) is 0 Å². The summed E-state index contributed by atoms with van der Waals surface area (Å²) in [6.07, 6.45) is 0. The number of rotatable bonds is 3. The van der Waals surface area contributed by atoms with Crippen molar-refractivity contribution in [3.63, 3.8) is 0 Å². The average Bonchev–Trinajstić information content (AvgIpc) is 2.34. The van der Waals surface area contributed by atoms with E-state index in [0.29, 0.717) is 11.4 Å². The van der Waals surface area contributed by atoms with E-state index in [4.69, 9.17) is 5.73 Å². The molecule has 19 heavy (non-hydrogen) atoms. The Balaban J connectivity index is 2.46. The molecular weight excluding hydrogens is 240 g/mol. The summed E-state index contributed by atoms with van der Waals surface area (Å²) in [5.74, 6) is -1.00. The van der Waals surface area contributed by atoms with Crippen LogP contribution in [-0.2, 0) is 0 Å². The molecule has 2 aromatic carbocycles. The van der Waals surface area contributed by atoms with E-state index in [1.54, 1.807) is 12.1 Å². The van der Waals surface area contributed by atoms with Crippen molar-refractivity contribution in [2.45, 2.75) is 13.8 Å². The summed E-state index contributed by atoms with van der Waals surface area (Å²) < 4.78 is 0. The van der Waals surface area contributed by atoms with Crippen LogP contribution in [0, 0.1) is 13.8 Å². The fourth-order valence-electron chi connectivity index (χ4n) is 1.98. The molecule has 0 bridgehead atoms. The van der Waals surface area contributed by atoms with Crippen molar-refractivity contribution in [2.24, 2.45) is 0 Å². The minimum atomic E-state index is -1.00. The van der Waals surface area contributed by atoms with Gasteiger partial charge >= 0.3 is 5.97 Å². The quantitative estimate of drug-likeness (QED) is 0.736. The van der Waals surface area contributed by atoms with Gasteiger partial charge < -0.3 is 16.2 Å². The largest absolute Gasteiger partial charge is 0.478 e. The van der Waals surface area contributed by atoms with Gasteiger partial charge in [-0.3, -0.25) is 0 Å². The summed E-state index contributed by atoms with van der Waals surface area (Å²) in [5, 5.41) is 12.3. The zero-order valence-corrected chi connectivity index (χ0v) is 10.9. The van der Waals surface area contributed by atoms with Crippen LogP contribution < -0.4 is 11.1 Å². The number of carboxylic acid groups (broad SMARTS) is 1. The van der Waals surface area contributed by atoms with Gasteiger partial charge in [0.15, 0.2) is 0 Å². The van der Waals surface area contributed by atoms with Crippen LogP contribution >= 0.6 is 0 Å². The number of nitrogen functional groups attached to an aromatic ring is 1. The minimum Gasteiger partial charge on any atom is -0.478 e. The molecule has 0 aliphatic rings. The first-order valence-electron chi connectivity index (χ1n) is 5.95. The highest BCUT2D eigenvalue weighted by atomic mass is 16.4. The summed E-state index contributed by atoms with van der Waals surface area (Å²) in [6.45, 7) is 3.98. The number of hydrogen-bond donors (Lipinski definition) is 3. The van der Waals surface area contributed by atoms with Crippen molar-refractivity contribution in [3.8, 4) is 0 Å². The van der Waals surface area contributed by atoms with E-state index in [1.165, 1.54) is 6.07 Å². The third-order valence-electron chi connectivity index (χ3n) is 2.97. The second-order valence-corrected chi connectivity index (χ2v) is 4.52. The molecule has 0 amide bonds. The van der Waals surface area contributed by atoms with Gasteiger partial charge in [0.1, 0.15) is 0 Å². The van der Waals surface area contributed by atoms with Crippen molar-refractivity contribution in [1.82, 2.24) is 0 Å². The van der Waals surface area contributed by atoms with Crippen LogP contribution in [-0.4, -0.2) is 11.1 Å². The van der Waals surface area contributed by atoms with Crippen LogP contribution in [0.5, 0.6) is 0 Å². The van der Waals surface area contributed by atoms with E-state index < -0.39 is 5.97 Å². The number of aryl methyl sites for hydroxylation is 2. The van der Waals surface area contributed by atoms with Crippen molar-refractivity contribution >= 4 is 23.0 Å². The summed E-state index contributed by atoms with van der Waals surface area (Å²) in [4.78, 5) is 11.2. The highest BCUT2D eigenvalue weighted by Gasteiger charge is 2.13. The molecule has 0 radical (unpaired) electrons. The maximum Gasteiger partial charge on any atom is 0.337 e. The van der Waals surface area contributed by atoms with Crippen molar-refractivity contribution in [2.75, 3.05) is 11.1 Å². The molecule has 2 rings (SSSR count). The SMILES string of the molecule is Cc1ccc(Nc2c(N)cccc2C(=O)O)c(C)c1. The molecule has 0 spiro atoms. The number of carboxylic acids is 1. The minimum absolute atomic E-state index is 0.167. The Bertz CT molecular complexity index is 636.